The minimum absolute atomic E-state index is 0.320. The minimum Gasteiger partial charge on any atom is -0.465 e. The van der Waals surface area contributed by atoms with Crippen LogP contribution in [0.25, 0.3) is 0 Å². The van der Waals surface area contributed by atoms with Crippen molar-refractivity contribution < 1.29 is 9.53 Å². The molecule has 2 aromatic rings. The summed E-state index contributed by atoms with van der Waals surface area (Å²) in [5.74, 6) is -0.402. The van der Waals surface area contributed by atoms with Crippen molar-refractivity contribution in [2.45, 2.75) is 0 Å². The Balaban J connectivity index is 1.92. The number of esters is 1. The van der Waals surface area contributed by atoms with Crippen molar-refractivity contribution >= 4 is 51.1 Å². The Morgan fingerprint density at radius 1 is 1.26 bits per heavy atom. The predicted molar refractivity (Wildman–Crippen MR) is 98.9 cm³/mol. The topological polar surface area (TPSA) is 62.7 Å². The third-order valence-electron chi connectivity index (χ3n) is 2.79. The van der Waals surface area contributed by atoms with E-state index in [1.165, 1.54) is 7.11 Å². The van der Waals surface area contributed by atoms with Crippen molar-refractivity contribution in [2.75, 3.05) is 12.4 Å². The van der Waals surface area contributed by atoms with Crippen LogP contribution >= 0.6 is 28.1 Å². The number of nitrogens with one attached hydrogen (secondary N) is 2. The van der Waals surface area contributed by atoms with Crippen molar-refractivity contribution in [3.05, 3.63) is 64.1 Å². The van der Waals surface area contributed by atoms with Crippen LogP contribution in [-0.4, -0.2) is 24.4 Å². The number of hydrogen-bond donors (Lipinski definition) is 2. The molecule has 0 atom stereocenters. The Bertz CT molecular complexity index is 732. The first-order chi connectivity index (χ1) is 11.1. The molecule has 0 saturated heterocycles. The quantitative estimate of drug-likeness (QED) is 0.361. The maximum atomic E-state index is 11.5. The van der Waals surface area contributed by atoms with Crippen LogP contribution in [0, 0.1) is 0 Å². The van der Waals surface area contributed by atoms with Crippen molar-refractivity contribution in [1.29, 1.82) is 0 Å². The van der Waals surface area contributed by atoms with Crippen LogP contribution in [0.15, 0.2) is 58.1 Å². The van der Waals surface area contributed by atoms with E-state index in [4.69, 9.17) is 12.2 Å². The van der Waals surface area contributed by atoms with Gasteiger partial charge in [0, 0.05) is 10.2 Å². The number of halogens is 1. The average molecular weight is 392 g/mol. The van der Waals surface area contributed by atoms with E-state index in [-0.39, 0.29) is 0 Å². The highest BCUT2D eigenvalue weighted by molar-refractivity contribution is 9.10. The van der Waals surface area contributed by atoms with Gasteiger partial charge in [-0.3, -0.25) is 5.43 Å². The second-order valence-corrected chi connectivity index (χ2v) is 5.77. The lowest BCUT2D eigenvalue weighted by Gasteiger charge is -2.08. The number of methoxy groups -OCH3 is 1. The third-order valence-corrected chi connectivity index (χ3v) is 3.51. The number of hydrogen-bond acceptors (Lipinski definition) is 4. The molecule has 0 amide bonds. The van der Waals surface area contributed by atoms with Gasteiger partial charge >= 0.3 is 5.97 Å². The van der Waals surface area contributed by atoms with Gasteiger partial charge in [-0.1, -0.05) is 34.1 Å². The Kier molecular flexibility index (Phi) is 6.25. The van der Waals surface area contributed by atoms with Gasteiger partial charge in [0.15, 0.2) is 5.11 Å². The van der Waals surface area contributed by atoms with E-state index >= 15 is 0 Å². The molecule has 0 saturated carbocycles. The first-order valence-electron chi connectivity index (χ1n) is 6.62. The van der Waals surface area contributed by atoms with E-state index in [1.807, 2.05) is 24.3 Å². The first-order valence-corrected chi connectivity index (χ1v) is 7.82. The fourth-order valence-electron chi connectivity index (χ4n) is 1.72. The largest absolute Gasteiger partial charge is 0.465 e. The molecule has 0 spiro atoms. The highest BCUT2D eigenvalue weighted by atomic mass is 79.9. The Labute approximate surface area is 147 Å². The molecule has 0 bridgehead atoms. The van der Waals surface area contributed by atoms with E-state index in [2.05, 4.69) is 36.5 Å². The summed E-state index contributed by atoms with van der Waals surface area (Å²) in [6.07, 6.45) is 1.66. The molecule has 0 aliphatic rings. The molecule has 118 valence electrons. The van der Waals surface area contributed by atoms with Crippen LogP contribution < -0.4 is 10.7 Å². The zero-order valence-electron chi connectivity index (χ0n) is 12.2. The number of rotatable bonds is 4. The van der Waals surface area contributed by atoms with Gasteiger partial charge in [-0.2, -0.15) is 5.10 Å². The lowest BCUT2D eigenvalue weighted by Crippen LogP contribution is -2.24. The third kappa shape index (κ3) is 5.46. The summed E-state index contributed by atoms with van der Waals surface area (Å²) < 4.78 is 5.68. The van der Waals surface area contributed by atoms with Crippen LogP contribution in [0.5, 0.6) is 0 Å². The van der Waals surface area contributed by atoms with E-state index < -0.39 is 5.97 Å². The molecule has 0 fully saturated rings. The summed E-state index contributed by atoms with van der Waals surface area (Å²) in [5.41, 5.74) is 4.77. The number of carbonyl (C=O) groups excluding carboxylic acids is 1. The molecule has 0 unspecified atom stereocenters. The molecule has 0 aliphatic carbocycles. The number of carbonyl (C=O) groups is 1. The highest BCUT2D eigenvalue weighted by Crippen LogP contribution is 2.11. The number of nitrogens with zero attached hydrogens (tertiary/aromatic N) is 1. The van der Waals surface area contributed by atoms with Crippen LogP contribution in [-0.2, 0) is 4.74 Å². The van der Waals surface area contributed by atoms with Crippen molar-refractivity contribution in [3.8, 4) is 0 Å². The predicted octanol–water partition coefficient (Wildman–Crippen LogP) is 3.56. The Hall–Kier alpha value is -2.25. The van der Waals surface area contributed by atoms with Gasteiger partial charge in [-0.05, 0) is 48.1 Å². The van der Waals surface area contributed by atoms with Gasteiger partial charge in [0.1, 0.15) is 0 Å². The maximum absolute atomic E-state index is 11.5. The number of thiocarbonyl (C=S) groups is 1. The van der Waals surface area contributed by atoms with E-state index in [0.717, 1.165) is 10.0 Å². The van der Waals surface area contributed by atoms with Crippen LogP contribution in [0.3, 0.4) is 0 Å². The maximum Gasteiger partial charge on any atom is 0.337 e. The monoisotopic (exact) mass is 391 g/mol. The fraction of sp³-hybridized carbons (Fsp3) is 0.0625. The zero-order valence-corrected chi connectivity index (χ0v) is 14.6. The fourth-order valence-corrected chi connectivity index (χ4v) is 2.15. The molecule has 23 heavy (non-hydrogen) atoms. The van der Waals surface area contributed by atoms with E-state index in [0.29, 0.717) is 16.4 Å². The number of hydrazone groups is 1. The van der Waals surface area contributed by atoms with Crippen molar-refractivity contribution in [2.24, 2.45) is 5.10 Å². The molecule has 0 aromatic heterocycles. The van der Waals surface area contributed by atoms with Crippen molar-refractivity contribution in [1.82, 2.24) is 5.43 Å². The molecule has 2 rings (SSSR count). The molecule has 5 nitrogen and oxygen atoms in total. The standard InChI is InChI=1S/C16H14BrN3O2S/c1-22-15(21)12-3-2-4-14(9-12)19-16(23)20-18-10-11-5-7-13(17)8-6-11/h2-10H,1H3,(H2,19,20,23)/b18-10-. The normalized spacial score (nSPS) is 10.3. The second kappa shape index (κ2) is 8.40. The molecule has 2 N–H and O–H groups in total. The van der Waals surface area contributed by atoms with E-state index in [9.17, 15) is 4.79 Å². The lowest BCUT2D eigenvalue weighted by molar-refractivity contribution is 0.0601. The molecule has 0 heterocycles. The van der Waals surface area contributed by atoms with Gasteiger partial charge in [-0.15, -0.1) is 0 Å². The van der Waals surface area contributed by atoms with Gasteiger partial charge in [0.05, 0.1) is 18.9 Å². The molecular formula is C16H14BrN3O2S. The summed E-state index contributed by atoms with van der Waals surface area (Å²) in [5, 5.41) is 7.32. The minimum atomic E-state index is -0.402. The smallest absolute Gasteiger partial charge is 0.337 e. The zero-order chi connectivity index (χ0) is 16.7. The first kappa shape index (κ1) is 17.1. The molecule has 2 aromatic carbocycles. The van der Waals surface area contributed by atoms with Gasteiger partial charge in [0.25, 0.3) is 0 Å². The summed E-state index contributed by atoms with van der Waals surface area (Å²) >= 11 is 8.52. The van der Waals surface area contributed by atoms with Crippen LogP contribution in [0.1, 0.15) is 15.9 Å². The number of benzene rings is 2. The Morgan fingerprint density at radius 2 is 2.00 bits per heavy atom. The van der Waals surface area contributed by atoms with Gasteiger partial charge in [0.2, 0.25) is 0 Å². The molecule has 0 radical (unpaired) electrons. The molecule has 0 aliphatic heterocycles. The summed E-state index contributed by atoms with van der Waals surface area (Å²) in [6.45, 7) is 0. The highest BCUT2D eigenvalue weighted by Gasteiger charge is 2.05. The lowest BCUT2D eigenvalue weighted by atomic mass is 10.2. The summed E-state index contributed by atoms with van der Waals surface area (Å²) in [4.78, 5) is 11.5. The van der Waals surface area contributed by atoms with Gasteiger partial charge in [-0.25, -0.2) is 4.79 Å². The number of anilines is 1. The second-order valence-electron chi connectivity index (χ2n) is 4.45. The number of ether oxygens (including phenoxy) is 1. The van der Waals surface area contributed by atoms with Crippen molar-refractivity contribution in [3.63, 3.8) is 0 Å². The van der Waals surface area contributed by atoms with Crippen LogP contribution in [0.2, 0.25) is 0 Å². The molecular weight excluding hydrogens is 378 g/mol. The summed E-state index contributed by atoms with van der Waals surface area (Å²) in [7, 11) is 1.34. The van der Waals surface area contributed by atoms with E-state index in [1.54, 1.807) is 30.5 Å². The average Bonchev–Trinajstić information content (AvgIpc) is 2.56. The Morgan fingerprint density at radius 3 is 2.70 bits per heavy atom. The SMILES string of the molecule is COC(=O)c1cccc(NC(=S)N/N=C\c2ccc(Br)cc2)c1. The van der Waals surface area contributed by atoms with Gasteiger partial charge < -0.3 is 10.1 Å². The molecule has 7 heteroatoms. The van der Waals surface area contributed by atoms with Crippen LogP contribution in [0.4, 0.5) is 5.69 Å². The summed E-state index contributed by atoms with van der Waals surface area (Å²) in [6, 6.07) is 14.5.